The number of rotatable bonds is 6. The van der Waals surface area contributed by atoms with Crippen molar-refractivity contribution in [1.82, 2.24) is 35.6 Å². The second kappa shape index (κ2) is 11.3. The highest BCUT2D eigenvalue weighted by molar-refractivity contribution is 5.79. The number of anilines is 1. The summed E-state index contributed by atoms with van der Waals surface area (Å²) in [6.07, 6.45) is 5.52. The van der Waals surface area contributed by atoms with Crippen molar-refractivity contribution in [2.24, 2.45) is 0 Å². The van der Waals surface area contributed by atoms with E-state index in [4.69, 9.17) is 0 Å². The van der Waals surface area contributed by atoms with Crippen LogP contribution in [0.25, 0.3) is 11.3 Å². The molecule has 10 nitrogen and oxygen atoms in total. The Morgan fingerprint density at radius 3 is 2.53 bits per heavy atom. The summed E-state index contributed by atoms with van der Waals surface area (Å²) in [6.45, 7) is 5.40. The number of carbonyl (C=O) groups excluding carboxylic acids is 2. The summed E-state index contributed by atoms with van der Waals surface area (Å²) in [6, 6.07) is 6.82. The van der Waals surface area contributed by atoms with E-state index in [2.05, 4.69) is 40.5 Å². The van der Waals surface area contributed by atoms with Gasteiger partial charge >= 0.3 is 0 Å². The largest absolute Gasteiger partial charge is 0.354 e. The van der Waals surface area contributed by atoms with Crippen LogP contribution in [0.1, 0.15) is 25.7 Å². The molecule has 2 amide bonds. The first-order chi connectivity index (χ1) is 17.5. The summed E-state index contributed by atoms with van der Waals surface area (Å²) in [5.41, 5.74) is 1.44. The van der Waals surface area contributed by atoms with Gasteiger partial charge in [0.2, 0.25) is 17.8 Å². The Kier molecular flexibility index (Phi) is 7.66. The van der Waals surface area contributed by atoms with Crippen molar-refractivity contribution in [3.05, 3.63) is 36.3 Å². The lowest BCUT2D eigenvalue weighted by Gasteiger charge is -2.39. The average molecular weight is 497 g/mol. The van der Waals surface area contributed by atoms with Gasteiger partial charge in [-0.05, 0) is 49.9 Å². The summed E-state index contributed by atoms with van der Waals surface area (Å²) < 4.78 is 13.2. The molecule has 1 aromatic carbocycles. The Hall–Kier alpha value is -3.18. The maximum absolute atomic E-state index is 13.2. The number of benzene rings is 1. The fourth-order valence-corrected chi connectivity index (χ4v) is 5.33. The minimum Gasteiger partial charge on any atom is -0.354 e. The van der Waals surface area contributed by atoms with Crippen LogP contribution in [-0.2, 0) is 9.59 Å². The number of hydrogen-bond donors (Lipinski definition) is 2. The topological polar surface area (TPSA) is 107 Å². The van der Waals surface area contributed by atoms with E-state index in [1.807, 2.05) is 0 Å². The molecule has 1 aliphatic carbocycles. The SMILES string of the molecule is O=C1CN(C2CCC(NC(=O)CN3CCN(c4nncc(-c5ccc(F)cc5)n4)CC3)CC2)CCN1. The lowest BCUT2D eigenvalue weighted by atomic mass is 9.89. The van der Waals surface area contributed by atoms with E-state index < -0.39 is 0 Å². The molecule has 3 heterocycles. The smallest absolute Gasteiger partial charge is 0.245 e. The molecule has 2 N–H and O–H groups in total. The van der Waals surface area contributed by atoms with Crippen LogP contribution in [0.2, 0.25) is 0 Å². The number of amides is 2. The molecular weight excluding hydrogens is 463 g/mol. The van der Waals surface area contributed by atoms with Gasteiger partial charge in [0.1, 0.15) is 5.82 Å². The van der Waals surface area contributed by atoms with E-state index >= 15 is 0 Å². The lowest BCUT2D eigenvalue weighted by Crippen LogP contribution is -2.54. The molecule has 3 aliphatic rings. The molecule has 2 aromatic rings. The predicted molar refractivity (Wildman–Crippen MR) is 133 cm³/mol. The molecule has 0 spiro atoms. The third kappa shape index (κ3) is 6.14. The molecule has 0 radical (unpaired) electrons. The third-order valence-electron chi connectivity index (χ3n) is 7.36. The molecule has 5 rings (SSSR count). The van der Waals surface area contributed by atoms with Crippen molar-refractivity contribution in [3.63, 3.8) is 0 Å². The van der Waals surface area contributed by atoms with Crippen LogP contribution in [0.5, 0.6) is 0 Å². The van der Waals surface area contributed by atoms with Gasteiger partial charge in [-0.1, -0.05) is 0 Å². The predicted octanol–water partition coefficient (Wildman–Crippen LogP) is 0.659. The summed E-state index contributed by atoms with van der Waals surface area (Å²) in [5, 5.41) is 14.4. The number of halogens is 1. The number of nitrogens with one attached hydrogen (secondary N) is 2. The van der Waals surface area contributed by atoms with Gasteiger partial charge in [0.15, 0.2) is 0 Å². The number of carbonyl (C=O) groups is 2. The van der Waals surface area contributed by atoms with Crippen LogP contribution >= 0.6 is 0 Å². The molecule has 36 heavy (non-hydrogen) atoms. The van der Waals surface area contributed by atoms with Gasteiger partial charge < -0.3 is 15.5 Å². The van der Waals surface area contributed by atoms with E-state index in [0.29, 0.717) is 43.9 Å². The van der Waals surface area contributed by atoms with E-state index in [1.165, 1.54) is 12.1 Å². The molecule has 0 bridgehead atoms. The highest BCUT2D eigenvalue weighted by Crippen LogP contribution is 2.24. The maximum atomic E-state index is 13.2. The first-order valence-corrected chi connectivity index (χ1v) is 12.8. The molecule has 11 heteroatoms. The number of hydrogen-bond acceptors (Lipinski definition) is 8. The van der Waals surface area contributed by atoms with Gasteiger partial charge in [-0.25, -0.2) is 9.37 Å². The van der Waals surface area contributed by atoms with Crippen LogP contribution in [0.3, 0.4) is 0 Å². The summed E-state index contributed by atoms with van der Waals surface area (Å²) in [7, 11) is 0. The van der Waals surface area contributed by atoms with Gasteiger partial charge in [0.25, 0.3) is 0 Å². The number of nitrogens with zero attached hydrogens (tertiary/aromatic N) is 6. The number of piperazine rings is 2. The van der Waals surface area contributed by atoms with Crippen molar-refractivity contribution in [3.8, 4) is 11.3 Å². The van der Waals surface area contributed by atoms with Gasteiger partial charge in [0, 0.05) is 56.9 Å². The molecule has 2 saturated heterocycles. The lowest BCUT2D eigenvalue weighted by molar-refractivity contribution is -0.125. The second-order valence-electron chi connectivity index (χ2n) is 9.81. The third-order valence-corrected chi connectivity index (χ3v) is 7.36. The first-order valence-electron chi connectivity index (χ1n) is 12.8. The summed E-state index contributed by atoms with van der Waals surface area (Å²) >= 11 is 0. The first kappa shape index (κ1) is 24.5. The standard InChI is InChI=1S/C25H33FN8O2/c26-19-3-1-18(2-4-19)22-15-28-31-25(30-22)33-13-11-32(12-14-33)16-24(36)29-20-5-7-21(8-6-20)34-10-9-27-23(35)17-34/h1-4,15,20-21H,5-14,16-17H2,(H,27,35)(H,29,36). The van der Waals surface area contributed by atoms with Gasteiger partial charge in [0.05, 0.1) is 25.0 Å². The minimum atomic E-state index is -0.290. The highest BCUT2D eigenvalue weighted by Gasteiger charge is 2.30. The molecule has 0 atom stereocenters. The molecule has 192 valence electrons. The Morgan fingerprint density at radius 1 is 1.06 bits per heavy atom. The average Bonchev–Trinajstić information content (AvgIpc) is 2.90. The summed E-state index contributed by atoms with van der Waals surface area (Å²) in [4.78, 5) is 35.5. The molecule has 3 fully saturated rings. The maximum Gasteiger partial charge on any atom is 0.245 e. The van der Waals surface area contributed by atoms with E-state index in [-0.39, 0.29) is 23.7 Å². The van der Waals surface area contributed by atoms with Crippen LogP contribution < -0.4 is 15.5 Å². The van der Waals surface area contributed by atoms with Crippen LogP contribution in [0.15, 0.2) is 30.5 Å². The Morgan fingerprint density at radius 2 is 1.81 bits per heavy atom. The van der Waals surface area contributed by atoms with E-state index in [0.717, 1.165) is 57.4 Å². The van der Waals surface area contributed by atoms with Gasteiger partial charge in [-0.2, -0.15) is 5.10 Å². The van der Waals surface area contributed by atoms with Crippen LogP contribution in [-0.4, -0.2) is 101 Å². The molecule has 1 saturated carbocycles. The van der Waals surface area contributed by atoms with Crippen molar-refractivity contribution >= 4 is 17.8 Å². The highest BCUT2D eigenvalue weighted by atomic mass is 19.1. The monoisotopic (exact) mass is 496 g/mol. The zero-order valence-electron chi connectivity index (χ0n) is 20.4. The number of aromatic nitrogens is 3. The van der Waals surface area contributed by atoms with Gasteiger partial charge in [-0.15, -0.1) is 5.10 Å². The fraction of sp³-hybridized carbons (Fsp3) is 0.560. The quantitative estimate of drug-likeness (QED) is 0.601. The molecule has 1 aromatic heterocycles. The zero-order valence-corrected chi connectivity index (χ0v) is 20.4. The fourth-order valence-electron chi connectivity index (χ4n) is 5.33. The Balaban J connectivity index is 1.05. The summed E-state index contributed by atoms with van der Waals surface area (Å²) in [5.74, 6) is 0.436. The molecular formula is C25H33FN8O2. The van der Waals surface area contributed by atoms with Crippen LogP contribution in [0, 0.1) is 5.82 Å². The van der Waals surface area contributed by atoms with Crippen molar-refractivity contribution < 1.29 is 14.0 Å². The van der Waals surface area contributed by atoms with Crippen molar-refractivity contribution in [2.75, 3.05) is 57.3 Å². The molecule has 0 unspecified atom stereocenters. The second-order valence-corrected chi connectivity index (χ2v) is 9.81. The minimum absolute atomic E-state index is 0.0699. The van der Waals surface area contributed by atoms with Crippen molar-refractivity contribution in [2.45, 2.75) is 37.8 Å². The zero-order chi connectivity index (χ0) is 24.9. The van der Waals surface area contributed by atoms with Crippen LogP contribution in [0.4, 0.5) is 10.3 Å². The Labute approximate surface area is 210 Å². The van der Waals surface area contributed by atoms with E-state index in [1.54, 1.807) is 18.3 Å². The van der Waals surface area contributed by atoms with E-state index in [9.17, 15) is 14.0 Å². The normalized spacial score (nSPS) is 23.8. The Bertz CT molecular complexity index is 1050. The van der Waals surface area contributed by atoms with Gasteiger partial charge in [-0.3, -0.25) is 19.4 Å². The molecule has 2 aliphatic heterocycles. The van der Waals surface area contributed by atoms with Crippen molar-refractivity contribution in [1.29, 1.82) is 0 Å².